The monoisotopic (exact) mass is 355 g/mol. The summed E-state index contributed by atoms with van der Waals surface area (Å²) in [4.78, 5) is 12.3. The fourth-order valence-corrected chi connectivity index (χ4v) is 2.49. The van der Waals surface area contributed by atoms with E-state index in [-0.39, 0.29) is 11.3 Å². The zero-order chi connectivity index (χ0) is 19.2. The van der Waals surface area contributed by atoms with Gasteiger partial charge in [0.15, 0.2) is 6.10 Å². The Labute approximate surface area is 156 Å². The lowest BCUT2D eigenvalue weighted by Gasteiger charge is -2.20. The summed E-state index contributed by atoms with van der Waals surface area (Å²) in [7, 11) is 0. The zero-order valence-electron chi connectivity index (χ0n) is 16.3. The van der Waals surface area contributed by atoms with Crippen molar-refractivity contribution in [2.75, 3.05) is 6.61 Å². The van der Waals surface area contributed by atoms with Crippen molar-refractivity contribution < 1.29 is 14.3 Å². The largest absolute Gasteiger partial charge is 0.494 e. The predicted octanol–water partition coefficient (Wildman–Crippen LogP) is 4.47. The summed E-state index contributed by atoms with van der Waals surface area (Å²) in [6.07, 6.45) is -0.557. The van der Waals surface area contributed by atoms with Crippen LogP contribution >= 0.6 is 0 Å². The lowest BCUT2D eigenvalue weighted by Crippen LogP contribution is -2.35. The minimum atomic E-state index is -0.557. The van der Waals surface area contributed by atoms with Crippen molar-refractivity contribution >= 4 is 5.91 Å². The molecule has 0 aliphatic heterocycles. The molecular formula is C22H29NO3. The number of nitrogens with one attached hydrogen (secondary N) is 1. The lowest BCUT2D eigenvalue weighted by molar-refractivity contribution is -0.127. The third kappa shape index (κ3) is 5.80. The van der Waals surface area contributed by atoms with E-state index in [0.717, 1.165) is 11.3 Å². The Balaban J connectivity index is 1.85. The van der Waals surface area contributed by atoms with Crippen LogP contribution in [0.15, 0.2) is 48.5 Å². The lowest BCUT2D eigenvalue weighted by atomic mass is 9.87. The smallest absolute Gasteiger partial charge is 0.261 e. The number of rotatable bonds is 7. The summed E-state index contributed by atoms with van der Waals surface area (Å²) in [6, 6.07) is 15.6. The van der Waals surface area contributed by atoms with Gasteiger partial charge < -0.3 is 14.8 Å². The number of ether oxygens (including phenoxy) is 2. The molecule has 0 saturated heterocycles. The van der Waals surface area contributed by atoms with Crippen LogP contribution in [-0.4, -0.2) is 18.6 Å². The molecule has 0 fully saturated rings. The van der Waals surface area contributed by atoms with Gasteiger partial charge in [0.2, 0.25) is 0 Å². The molecular weight excluding hydrogens is 326 g/mol. The van der Waals surface area contributed by atoms with E-state index in [9.17, 15) is 4.79 Å². The van der Waals surface area contributed by atoms with E-state index in [1.54, 1.807) is 6.92 Å². The molecule has 0 aliphatic carbocycles. The highest BCUT2D eigenvalue weighted by molar-refractivity contribution is 5.80. The first-order valence-electron chi connectivity index (χ1n) is 9.06. The molecule has 0 radical (unpaired) electrons. The molecule has 0 saturated carbocycles. The molecule has 0 bridgehead atoms. The number of carbonyl (C=O) groups is 1. The summed E-state index contributed by atoms with van der Waals surface area (Å²) in [5, 5.41) is 2.90. The van der Waals surface area contributed by atoms with E-state index in [0.29, 0.717) is 18.9 Å². The third-order valence-electron chi connectivity index (χ3n) is 4.10. The first-order chi connectivity index (χ1) is 12.3. The molecule has 0 spiro atoms. The SMILES string of the molecule is CCOc1ccc(CNC(=O)[C@@H](C)Oc2ccc(C(C)(C)C)cc2)cc1. The second kappa shape index (κ2) is 8.75. The normalized spacial score (nSPS) is 12.3. The van der Waals surface area contributed by atoms with Crippen LogP contribution in [0, 0.1) is 0 Å². The average Bonchev–Trinajstić information content (AvgIpc) is 2.60. The maximum Gasteiger partial charge on any atom is 0.261 e. The molecule has 1 atom stereocenters. The van der Waals surface area contributed by atoms with Gasteiger partial charge in [-0.2, -0.15) is 0 Å². The minimum absolute atomic E-state index is 0.0965. The second-order valence-electron chi connectivity index (χ2n) is 7.33. The Hall–Kier alpha value is -2.49. The van der Waals surface area contributed by atoms with Gasteiger partial charge >= 0.3 is 0 Å². The zero-order valence-corrected chi connectivity index (χ0v) is 16.3. The molecule has 1 amide bonds. The van der Waals surface area contributed by atoms with E-state index in [4.69, 9.17) is 9.47 Å². The fourth-order valence-electron chi connectivity index (χ4n) is 2.49. The topological polar surface area (TPSA) is 47.6 Å². The molecule has 1 N–H and O–H groups in total. The summed E-state index contributed by atoms with van der Waals surface area (Å²) >= 11 is 0. The Morgan fingerprint density at radius 1 is 1.00 bits per heavy atom. The van der Waals surface area contributed by atoms with Gasteiger partial charge in [0.1, 0.15) is 11.5 Å². The number of amides is 1. The van der Waals surface area contributed by atoms with E-state index >= 15 is 0 Å². The van der Waals surface area contributed by atoms with E-state index in [2.05, 4.69) is 26.1 Å². The molecule has 2 rings (SSSR count). The maximum atomic E-state index is 12.3. The van der Waals surface area contributed by atoms with Crippen molar-refractivity contribution in [3.63, 3.8) is 0 Å². The van der Waals surface area contributed by atoms with Crippen LogP contribution in [0.5, 0.6) is 11.5 Å². The van der Waals surface area contributed by atoms with Crippen molar-refractivity contribution in [3.05, 3.63) is 59.7 Å². The highest BCUT2D eigenvalue weighted by atomic mass is 16.5. The Kier molecular flexibility index (Phi) is 6.67. The van der Waals surface area contributed by atoms with Gasteiger partial charge in [-0.1, -0.05) is 45.0 Å². The molecule has 4 nitrogen and oxygen atoms in total. The van der Waals surface area contributed by atoms with Gasteiger partial charge in [-0.15, -0.1) is 0 Å². The van der Waals surface area contributed by atoms with Crippen molar-refractivity contribution in [1.29, 1.82) is 0 Å². The first-order valence-corrected chi connectivity index (χ1v) is 9.06. The van der Waals surface area contributed by atoms with Crippen LogP contribution in [0.25, 0.3) is 0 Å². The number of carbonyl (C=O) groups excluding carboxylic acids is 1. The third-order valence-corrected chi connectivity index (χ3v) is 4.10. The van der Waals surface area contributed by atoms with Crippen molar-refractivity contribution in [1.82, 2.24) is 5.32 Å². The molecule has 2 aromatic carbocycles. The summed E-state index contributed by atoms with van der Waals surface area (Å²) in [5.41, 5.74) is 2.35. The summed E-state index contributed by atoms with van der Waals surface area (Å²) in [5.74, 6) is 1.39. The van der Waals surface area contributed by atoms with Crippen molar-refractivity contribution in [2.45, 2.75) is 52.7 Å². The van der Waals surface area contributed by atoms with Crippen LogP contribution in [-0.2, 0) is 16.8 Å². The van der Waals surface area contributed by atoms with Gasteiger partial charge in [-0.05, 0) is 54.7 Å². The van der Waals surface area contributed by atoms with E-state index < -0.39 is 6.10 Å². The molecule has 2 aromatic rings. The molecule has 0 unspecified atom stereocenters. The van der Waals surface area contributed by atoms with Gasteiger partial charge in [0, 0.05) is 6.54 Å². The Morgan fingerprint density at radius 2 is 1.58 bits per heavy atom. The summed E-state index contributed by atoms with van der Waals surface area (Å²) in [6.45, 7) is 11.3. The quantitative estimate of drug-likeness (QED) is 0.797. The predicted molar refractivity (Wildman–Crippen MR) is 105 cm³/mol. The highest BCUT2D eigenvalue weighted by Crippen LogP contribution is 2.24. The van der Waals surface area contributed by atoms with E-state index in [1.165, 1.54) is 5.56 Å². The van der Waals surface area contributed by atoms with Gasteiger partial charge in [-0.25, -0.2) is 0 Å². The molecule has 26 heavy (non-hydrogen) atoms. The minimum Gasteiger partial charge on any atom is -0.494 e. The van der Waals surface area contributed by atoms with Crippen molar-refractivity contribution in [2.24, 2.45) is 0 Å². The molecule has 0 heterocycles. The highest BCUT2D eigenvalue weighted by Gasteiger charge is 2.16. The fraction of sp³-hybridized carbons (Fsp3) is 0.409. The molecule has 0 aromatic heterocycles. The summed E-state index contributed by atoms with van der Waals surface area (Å²) < 4.78 is 11.2. The number of hydrogen-bond donors (Lipinski definition) is 1. The van der Waals surface area contributed by atoms with Crippen LogP contribution < -0.4 is 14.8 Å². The van der Waals surface area contributed by atoms with Gasteiger partial charge in [0.25, 0.3) is 5.91 Å². The van der Waals surface area contributed by atoms with Gasteiger partial charge in [-0.3, -0.25) is 4.79 Å². The van der Waals surface area contributed by atoms with Crippen LogP contribution in [0.1, 0.15) is 45.7 Å². The van der Waals surface area contributed by atoms with E-state index in [1.807, 2.05) is 55.5 Å². The number of benzene rings is 2. The molecule has 4 heteroatoms. The van der Waals surface area contributed by atoms with Gasteiger partial charge in [0.05, 0.1) is 6.61 Å². The first kappa shape index (κ1) is 19.8. The molecule has 140 valence electrons. The second-order valence-corrected chi connectivity index (χ2v) is 7.33. The van der Waals surface area contributed by atoms with Crippen molar-refractivity contribution in [3.8, 4) is 11.5 Å². The van der Waals surface area contributed by atoms with Crippen LogP contribution in [0.2, 0.25) is 0 Å². The standard InChI is InChI=1S/C22H29NO3/c1-6-25-19-11-7-17(8-12-19)15-23-21(24)16(2)26-20-13-9-18(10-14-20)22(3,4)5/h7-14,16H,6,15H2,1-5H3,(H,23,24)/t16-/m1/s1. The average molecular weight is 355 g/mol. The Morgan fingerprint density at radius 3 is 2.12 bits per heavy atom. The maximum absolute atomic E-state index is 12.3. The number of hydrogen-bond acceptors (Lipinski definition) is 3. The molecule has 0 aliphatic rings. The van der Waals surface area contributed by atoms with Crippen LogP contribution in [0.4, 0.5) is 0 Å². The van der Waals surface area contributed by atoms with Crippen LogP contribution in [0.3, 0.4) is 0 Å². The Bertz CT molecular complexity index is 700.